The molecule has 1 aromatic carbocycles. The van der Waals surface area contributed by atoms with Crippen molar-refractivity contribution in [1.29, 1.82) is 0 Å². The molecule has 6 nitrogen and oxygen atoms in total. The molecule has 0 spiro atoms. The molecule has 2 fully saturated rings. The maximum Gasteiger partial charge on any atom is 0.173 e. The zero-order valence-corrected chi connectivity index (χ0v) is 15.7. The Morgan fingerprint density at radius 1 is 1.08 bits per heavy atom. The summed E-state index contributed by atoms with van der Waals surface area (Å²) in [5.74, 6) is 0.950. The molecule has 0 bridgehead atoms. The standard InChI is InChI=1S/C20H29N5O/c1-16-8-10-17(11-9-16)19(24-12-4-2-3-5-13-24)20-21-22-23-25(20)15-18-7-6-14-26-18/h8-11,18-19H,2-7,12-15H2,1H3. The number of hydrogen-bond acceptors (Lipinski definition) is 5. The van der Waals surface area contributed by atoms with Crippen LogP contribution in [0.4, 0.5) is 0 Å². The summed E-state index contributed by atoms with van der Waals surface area (Å²) in [6.07, 6.45) is 7.59. The molecule has 2 saturated heterocycles. The van der Waals surface area contributed by atoms with Gasteiger partial charge in [-0.25, -0.2) is 4.68 Å². The maximum absolute atomic E-state index is 5.82. The van der Waals surface area contributed by atoms with Crippen molar-refractivity contribution in [2.75, 3.05) is 19.7 Å². The van der Waals surface area contributed by atoms with Crippen molar-refractivity contribution in [1.82, 2.24) is 25.1 Å². The Morgan fingerprint density at radius 2 is 1.85 bits per heavy atom. The van der Waals surface area contributed by atoms with Crippen molar-refractivity contribution < 1.29 is 4.74 Å². The molecule has 2 unspecified atom stereocenters. The highest BCUT2D eigenvalue weighted by Crippen LogP contribution is 2.30. The molecular formula is C20H29N5O. The van der Waals surface area contributed by atoms with E-state index in [0.29, 0.717) is 0 Å². The van der Waals surface area contributed by atoms with Gasteiger partial charge in [-0.15, -0.1) is 5.10 Å². The van der Waals surface area contributed by atoms with E-state index in [2.05, 4.69) is 51.6 Å². The Hall–Kier alpha value is -1.79. The molecule has 140 valence electrons. The third kappa shape index (κ3) is 3.96. The molecule has 0 radical (unpaired) electrons. The van der Waals surface area contributed by atoms with Gasteiger partial charge in [0.2, 0.25) is 0 Å². The quantitative estimate of drug-likeness (QED) is 0.825. The van der Waals surface area contributed by atoms with Crippen LogP contribution in [0.25, 0.3) is 0 Å². The minimum Gasteiger partial charge on any atom is -0.376 e. The Labute approximate surface area is 155 Å². The zero-order valence-electron chi connectivity index (χ0n) is 15.7. The SMILES string of the molecule is Cc1ccc(C(c2nnnn2CC2CCCO2)N2CCCCCC2)cc1. The van der Waals surface area contributed by atoms with Crippen LogP contribution in [-0.4, -0.2) is 50.9 Å². The summed E-state index contributed by atoms with van der Waals surface area (Å²) in [7, 11) is 0. The second-order valence-electron chi connectivity index (χ2n) is 7.62. The Morgan fingerprint density at radius 3 is 2.54 bits per heavy atom. The number of nitrogens with zero attached hydrogens (tertiary/aromatic N) is 5. The summed E-state index contributed by atoms with van der Waals surface area (Å²) in [5.41, 5.74) is 2.56. The summed E-state index contributed by atoms with van der Waals surface area (Å²) in [6, 6.07) is 8.96. The van der Waals surface area contributed by atoms with Crippen LogP contribution in [-0.2, 0) is 11.3 Å². The predicted molar refractivity (Wildman–Crippen MR) is 99.9 cm³/mol. The van der Waals surface area contributed by atoms with Gasteiger partial charge < -0.3 is 4.74 Å². The molecule has 2 atom stereocenters. The molecule has 0 amide bonds. The molecule has 4 rings (SSSR count). The van der Waals surface area contributed by atoms with E-state index in [1.54, 1.807) is 0 Å². The highest BCUT2D eigenvalue weighted by Gasteiger charge is 2.29. The first-order chi connectivity index (χ1) is 12.8. The Bertz CT molecular complexity index is 684. The first-order valence-electron chi connectivity index (χ1n) is 9.99. The normalized spacial score (nSPS) is 23.0. The first-order valence-corrected chi connectivity index (χ1v) is 9.99. The van der Waals surface area contributed by atoms with Gasteiger partial charge in [-0.2, -0.15) is 0 Å². The van der Waals surface area contributed by atoms with E-state index in [4.69, 9.17) is 4.74 Å². The van der Waals surface area contributed by atoms with Gasteiger partial charge in [0.25, 0.3) is 0 Å². The van der Waals surface area contributed by atoms with E-state index >= 15 is 0 Å². The molecule has 1 aromatic heterocycles. The molecule has 0 aliphatic carbocycles. The average molecular weight is 355 g/mol. The zero-order chi connectivity index (χ0) is 17.8. The highest BCUT2D eigenvalue weighted by atomic mass is 16.5. The maximum atomic E-state index is 5.82. The largest absolute Gasteiger partial charge is 0.376 e. The lowest BCUT2D eigenvalue weighted by Crippen LogP contribution is -2.33. The molecule has 6 heteroatoms. The molecular weight excluding hydrogens is 326 g/mol. The van der Waals surface area contributed by atoms with E-state index in [1.807, 2.05) is 4.68 Å². The minimum atomic E-state index is 0.116. The lowest BCUT2D eigenvalue weighted by atomic mass is 10.0. The number of aromatic nitrogens is 4. The van der Waals surface area contributed by atoms with Crippen LogP contribution in [0.5, 0.6) is 0 Å². The van der Waals surface area contributed by atoms with Gasteiger partial charge in [0.05, 0.1) is 18.7 Å². The number of tetrazole rings is 1. The second kappa shape index (κ2) is 8.27. The van der Waals surface area contributed by atoms with Crippen molar-refractivity contribution in [3.8, 4) is 0 Å². The van der Waals surface area contributed by atoms with Crippen molar-refractivity contribution in [2.45, 2.75) is 64.1 Å². The smallest absolute Gasteiger partial charge is 0.173 e. The number of rotatable bonds is 5. The van der Waals surface area contributed by atoms with E-state index in [-0.39, 0.29) is 12.1 Å². The second-order valence-corrected chi connectivity index (χ2v) is 7.62. The third-order valence-corrected chi connectivity index (χ3v) is 5.60. The van der Waals surface area contributed by atoms with Crippen molar-refractivity contribution in [3.63, 3.8) is 0 Å². The number of aryl methyl sites for hydroxylation is 1. The minimum absolute atomic E-state index is 0.116. The fourth-order valence-electron chi connectivity index (χ4n) is 4.14. The number of hydrogen-bond donors (Lipinski definition) is 0. The predicted octanol–water partition coefficient (Wildman–Crippen LogP) is 3.13. The van der Waals surface area contributed by atoms with Crippen LogP contribution in [0.1, 0.15) is 61.5 Å². The third-order valence-electron chi connectivity index (χ3n) is 5.60. The lowest BCUT2D eigenvalue weighted by Gasteiger charge is -2.30. The number of benzene rings is 1. The van der Waals surface area contributed by atoms with E-state index in [1.165, 1.54) is 36.8 Å². The summed E-state index contributed by atoms with van der Waals surface area (Å²) in [6.45, 7) is 5.94. The highest BCUT2D eigenvalue weighted by molar-refractivity contribution is 5.28. The monoisotopic (exact) mass is 355 g/mol. The van der Waals surface area contributed by atoms with Crippen LogP contribution in [0, 0.1) is 6.92 Å². The number of likely N-dealkylation sites (tertiary alicyclic amines) is 1. The molecule has 2 aliphatic rings. The average Bonchev–Trinajstić information content (AvgIpc) is 3.25. The lowest BCUT2D eigenvalue weighted by molar-refractivity contribution is 0.0909. The van der Waals surface area contributed by atoms with E-state index in [0.717, 1.165) is 44.9 Å². The Balaban J connectivity index is 1.66. The van der Waals surface area contributed by atoms with Crippen LogP contribution >= 0.6 is 0 Å². The Kier molecular flexibility index (Phi) is 5.60. The van der Waals surface area contributed by atoms with E-state index < -0.39 is 0 Å². The molecule has 0 N–H and O–H groups in total. The number of ether oxygens (including phenoxy) is 1. The van der Waals surface area contributed by atoms with Crippen LogP contribution in [0.15, 0.2) is 24.3 Å². The van der Waals surface area contributed by atoms with Crippen molar-refractivity contribution in [2.24, 2.45) is 0 Å². The van der Waals surface area contributed by atoms with Crippen molar-refractivity contribution >= 4 is 0 Å². The van der Waals surface area contributed by atoms with Gasteiger partial charge >= 0.3 is 0 Å². The summed E-state index contributed by atoms with van der Waals surface area (Å²) < 4.78 is 7.80. The van der Waals surface area contributed by atoms with Gasteiger partial charge in [-0.05, 0) is 61.7 Å². The molecule has 0 saturated carbocycles. The fourth-order valence-corrected chi connectivity index (χ4v) is 4.14. The van der Waals surface area contributed by atoms with Gasteiger partial charge in [-0.3, -0.25) is 4.90 Å². The van der Waals surface area contributed by atoms with Gasteiger partial charge in [0, 0.05) is 6.61 Å². The van der Waals surface area contributed by atoms with Gasteiger partial charge in [0.1, 0.15) is 0 Å². The van der Waals surface area contributed by atoms with Crippen LogP contribution in [0.2, 0.25) is 0 Å². The molecule has 3 heterocycles. The topological polar surface area (TPSA) is 56.1 Å². The molecule has 2 aliphatic heterocycles. The van der Waals surface area contributed by atoms with Crippen LogP contribution < -0.4 is 0 Å². The van der Waals surface area contributed by atoms with Gasteiger partial charge in [0.15, 0.2) is 5.82 Å². The molecule has 2 aromatic rings. The molecule has 26 heavy (non-hydrogen) atoms. The summed E-state index contributed by atoms with van der Waals surface area (Å²) in [4.78, 5) is 2.56. The van der Waals surface area contributed by atoms with E-state index in [9.17, 15) is 0 Å². The van der Waals surface area contributed by atoms with Crippen molar-refractivity contribution in [3.05, 3.63) is 41.2 Å². The fraction of sp³-hybridized carbons (Fsp3) is 0.650. The summed E-state index contributed by atoms with van der Waals surface area (Å²) in [5, 5.41) is 12.8. The first kappa shape index (κ1) is 17.6. The van der Waals surface area contributed by atoms with Gasteiger partial charge in [-0.1, -0.05) is 42.7 Å². The summed E-state index contributed by atoms with van der Waals surface area (Å²) >= 11 is 0. The van der Waals surface area contributed by atoms with Crippen LogP contribution in [0.3, 0.4) is 0 Å².